The first-order valence-electron chi connectivity index (χ1n) is 6.74. The number of hydrogen-bond acceptors (Lipinski definition) is 3. The molecule has 1 atom stereocenters. The Labute approximate surface area is 108 Å². The summed E-state index contributed by atoms with van der Waals surface area (Å²) in [6.45, 7) is 6.78. The molecule has 0 radical (unpaired) electrons. The second-order valence-corrected chi connectivity index (χ2v) is 4.98. The van der Waals surface area contributed by atoms with E-state index in [0.717, 1.165) is 37.2 Å². The molecule has 18 heavy (non-hydrogen) atoms. The molecule has 2 rings (SSSR count). The smallest absolute Gasteiger partial charge is 0.257 e. The van der Waals surface area contributed by atoms with E-state index in [4.69, 9.17) is 0 Å². The van der Waals surface area contributed by atoms with Gasteiger partial charge in [-0.3, -0.25) is 4.79 Å². The summed E-state index contributed by atoms with van der Waals surface area (Å²) in [6.07, 6.45) is 6.00. The van der Waals surface area contributed by atoms with Crippen LogP contribution < -0.4 is 0 Å². The van der Waals surface area contributed by atoms with Crippen LogP contribution >= 0.6 is 0 Å². The predicted molar refractivity (Wildman–Crippen MR) is 70.5 cm³/mol. The first-order chi connectivity index (χ1) is 8.65. The van der Waals surface area contributed by atoms with Crippen LogP contribution in [0.3, 0.4) is 0 Å². The van der Waals surface area contributed by atoms with Crippen molar-refractivity contribution in [2.24, 2.45) is 0 Å². The largest absolute Gasteiger partial charge is 0.336 e. The molecule has 0 N–H and O–H groups in total. The van der Waals surface area contributed by atoms with Crippen molar-refractivity contribution in [1.82, 2.24) is 14.9 Å². The van der Waals surface area contributed by atoms with Crippen LogP contribution in [0.4, 0.5) is 0 Å². The van der Waals surface area contributed by atoms with Crippen molar-refractivity contribution in [3.05, 3.63) is 23.3 Å². The monoisotopic (exact) mass is 247 g/mol. The summed E-state index contributed by atoms with van der Waals surface area (Å²) < 4.78 is 0. The predicted octanol–water partition coefficient (Wildman–Crippen LogP) is 2.50. The van der Waals surface area contributed by atoms with E-state index in [2.05, 4.69) is 16.9 Å². The highest BCUT2D eigenvalue weighted by atomic mass is 16.2. The van der Waals surface area contributed by atoms with Crippen LogP contribution in [-0.4, -0.2) is 33.4 Å². The van der Waals surface area contributed by atoms with Crippen LogP contribution in [0.1, 0.15) is 54.4 Å². The molecule has 1 aliphatic heterocycles. The highest BCUT2D eigenvalue weighted by Crippen LogP contribution is 2.23. The highest BCUT2D eigenvalue weighted by Gasteiger charge is 2.28. The number of hydrogen-bond donors (Lipinski definition) is 0. The lowest BCUT2D eigenvalue weighted by atomic mass is 9.98. The van der Waals surface area contributed by atoms with Crippen molar-refractivity contribution in [1.29, 1.82) is 0 Å². The van der Waals surface area contributed by atoms with Crippen molar-refractivity contribution in [3.8, 4) is 0 Å². The zero-order valence-corrected chi connectivity index (χ0v) is 11.4. The van der Waals surface area contributed by atoms with Gasteiger partial charge < -0.3 is 4.90 Å². The first-order valence-corrected chi connectivity index (χ1v) is 6.74. The molecule has 1 fully saturated rings. The van der Waals surface area contributed by atoms with Crippen molar-refractivity contribution in [2.75, 3.05) is 6.54 Å². The fourth-order valence-electron chi connectivity index (χ4n) is 2.74. The molecule has 0 spiro atoms. The molecule has 2 heterocycles. The van der Waals surface area contributed by atoms with Gasteiger partial charge in [-0.2, -0.15) is 0 Å². The first kappa shape index (κ1) is 13.0. The average Bonchev–Trinajstić information content (AvgIpc) is 2.38. The maximum absolute atomic E-state index is 12.7. The molecule has 1 aromatic heterocycles. The van der Waals surface area contributed by atoms with Crippen molar-refractivity contribution < 1.29 is 4.79 Å². The Morgan fingerprint density at radius 3 is 2.61 bits per heavy atom. The van der Waals surface area contributed by atoms with Gasteiger partial charge in [0.25, 0.3) is 5.91 Å². The van der Waals surface area contributed by atoms with Gasteiger partial charge in [0.15, 0.2) is 0 Å². The number of aromatic nitrogens is 2. The molecule has 1 saturated heterocycles. The van der Waals surface area contributed by atoms with Crippen molar-refractivity contribution in [3.63, 3.8) is 0 Å². The number of piperidine rings is 1. The van der Waals surface area contributed by atoms with Gasteiger partial charge in [-0.05, 0) is 39.5 Å². The van der Waals surface area contributed by atoms with E-state index in [1.54, 1.807) is 0 Å². The maximum atomic E-state index is 12.7. The van der Waals surface area contributed by atoms with E-state index in [9.17, 15) is 4.79 Å². The Balaban J connectivity index is 2.30. The molecule has 1 aromatic rings. The van der Waals surface area contributed by atoms with E-state index >= 15 is 0 Å². The summed E-state index contributed by atoms with van der Waals surface area (Å²) in [4.78, 5) is 23.0. The molecule has 1 aliphatic rings. The van der Waals surface area contributed by atoms with Crippen LogP contribution in [0, 0.1) is 13.8 Å². The minimum atomic E-state index is 0.108. The summed E-state index contributed by atoms with van der Waals surface area (Å²) >= 11 is 0. The quantitative estimate of drug-likeness (QED) is 0.806. The summed E-state index contributed by atoms with van der Waals surface area (Å²) in [5.74, 6) is 0.108. The number of rotatable bonds is 2. The SMILES string of the molecule is CCC1CCCCN1C(=O)c1c(C)ncnc1C. The van der Waals surface area contributed by atoms with E-state index in [-0.39, 0.29) is 5.91 Å². The van der Waals surface area contributed by atoms with Crippen LogP contribution in [0.5, 0.6) is 0 Å². The molecule has 98 valence electrons. The minimum absolute atomic E-state index is 0.108. The Morgan fingerprint density at radius 2 is 2.00 bits per heavy atom. The summed E-state index contributed by atoms with van der Waals surface area (Å²) in [5, 5.41) is 0. The molecule has 4 nitrogen and oxygen atoms in total. The van der Waals surface area contributed by atoms with Crippen LogP contribution in [0.2, 0.25) is 0 Å². The number of carbonyl (C=O) groups is 1. The lowest BCUT2D eigenvalue weighted by Crippen LogP contribution is -2.44. The number of nitrogens with zero attached hydrogens (tertiary/aromatic N) is 3. The number of carbonyl (C=O) groups excluding carboxylic acids is 1. The van der Waals surface area contributed by atoms with E-state index in [1.807, 2.05) is 18.7 Å². The molecule has 0 saturated carbocycles. The Hall–Kier alpha value is -1.45. The zero-order valence-electron chi connectivity index (χ0n) is 11.4. The third-order valence-electron chi connectivity index (χ3n) is 3.80. The van der Waals surface area contributed by atoms with E-state index in [1.165, 1.54) is 12.7 Å². The summed E-state index contributed by atoms with van der Waals surface area (Å²) in [6, 6.07) is 0.380. The molecule has 0 aromatic carbocycles. The van der Waals surface area contributed by atoms with Gasteiger partial charge in [0.2, 0.25) is 0 Å². The lowest BCUT2D eigenvalue weighted by molar-refractivity contribution is 0.0605. The highest BCUT2D eigenvalue weighted by molar-refractivity contribution is 5.96. The normalized spacial score (nSPS) is 19.9. The van der Waals surface area contributed by atoms with Crippen LogP contribution in [0.25, 0.3) is 0 Å². The molecule has 1 unspecified atom stereocenters. The van der Waals surface area contributed by atoms with Crippen LogP contribution in [-0.2, 0) is 0 Å². The molecule has 4 heteroatoms. The average molecular weight is 247 g/mol. The minimum Gasteiger partial charge on any atom is -0.336 e. The number of likely N-dealkylation sites (tertiary alicyclic amines) is 1. The molecular formula is C14H21N3O. The second kappa shape index (κ2) is 5.46. The van der Waals surface area contributed by atoms with Gasteiger partial charge in [-0.1, -0.05) is 6.92 Å². The molecular weight excluding hydrogens is 226 g/mol. The zero-order chi connectivity index (χ0) is 13.1. The summed E-state index contributed by atoms with van der Waals surface area (Å²) in [7, 11) is 0. The fourth-order valence-corrected chi connectivity index (χ4v) is 2.74. The van der Waals surface area contributed by atoms with Gasteiger partial charge in [0, 0.05) is 12.6 Å². The fraction of sp³-hybridized carbons (Fsp3) is 0.643. The maximum Gasteiger partial charge on any atom is 0.257 e. The van der Waals surface area contributed by atoms with E-state index < -0.39 is 0 Å². The second-order valence-electron chi connectivity index (χ2n) is 4.98. The Morgan fingerprint density at radius 1 is 1.33 bits per heavy atom. The topological polar surface area (TPSA) is 46.1 Å². The third-order valence-corrected chi connectivity index (χ3v) is 3.80. The van der Waals surface area contributed by atoms with Crippen molar-refractivity contribution in [2.45, 2.75) is 52.5 Å². The van der Waals surface area contributed by atoms with Gasteiger partial charge in [-0.15, -0.1) is 0 Å². The number of amides is 1. The van der Waals surface area contributed by atoms with Gasteiger partial charge in [0.1, 0.15) is 6.33 Å². The Kier molecular flexibility index (Phi) is 3.94. The van der Waals surface area contributed by atoms with Gasteiger partial charge in [0.05, 0.1) is 17.0 Å². The Bertz CT molecular complexity index is 424. The van der Waals surface area contributed by atoms with Gasteiger partial charge >= 0.3 is 0 Å². The molecule has 1 amide bonds. The third kappa shape index (κ3) is 2.37. The standard InChI is InChI=1S/C14H21N3O/c1-4-12-7-5-6-8-17(12)14(18)13-10(2)15-9-16-11(13)3/h9,12H,4-8H2,1-3H3. The molecule has 0 bridgehead atoms. The number of aryl methyl sites for hydroxylation is 2. The lowest BCUT2D eigenvalue weighted by Gasteiger charge is -2.35. The van der Waals surface area contributed by atoms with E-state index in [0.29, 0.717) is 11.6 Å². The van der Waals surface area contributed by atoms with Gasteiger partial charge in [-0.25, -0.2) is 9.97 Å². The van der Waals surface area contributed by atoms with Crippen molar-refractivity contribution >= 4 is 5.91 Å². The summed E-state index contributed by atoms with van der Waals surface area (Å²) in [5.41, 5.74) is 2.26. The molecule has 0 aliphatic carbocycles. The van der Waals surface area contributed by atoms with Crippen LogP contribution in [0.15, 0.2) is 6.33 Å².